The van der Waals surface area contributed by atoms with Gasteiger partial charge in [0.25, 0.3) is 0 Å². The Bertz CT molecular complexity index is 499. The Morgan fingerprint density at radius 2 is 2.06 bits per heavy atom. The Hall–Kier alpha value is -1.28. The minimum Gasteiger partial charge on any atom is -0.464 e. The van der Waals surface area contributed by atoms with E-state index in [1.807, 2.05) is 6.26 Å². The van der Waals surface area contributed by atoms with Gasteiger partial charge < -0.3 is 9.73 Å². The highest BCUT2D eigenvalue weighted by molar-refractivity contribution is 5.83. The first kappa shape index (κ1) is 13.2. The second kappa shape index (κ2) is 6.05. The van der Waals surface area contributed by atoms with E-state index in [1.54, 1.807) is 0 Å². The lowest BCUT2D eigenvalue weighted by atomic mass is 10.1. The van der Waals surface area contributed by atoms with Crippen molar-refractivity contribution in [2.75, 3.05) is 13.1 Å². The summed E-state index contributed by atoms with van der Waals surface area (Å²) in [6.07, 6.45) is 3.98. The summed E-state index contributed by atoms with van der Waals surface area (Å²) in [4.78, 5) is 0. The smallest absolute Gasteiger partial charge is 0.137 e. The summed E-state index contributed by atoms with van der Waals surface area (Å²) in [7, 11) is 0. The van der Waals surface area contributed by atoms with Crippen molar-refractivity contribution in [2.45, 2.75) is 33.6 Å². The summed E-state index contributed by atoms with van der Waals surface area (Å²) in [5, 5.41) is 4.75. The van der Waals surface area contributed by atoms with Gasteiger partial charge in [-0.1, -0.05) is 39.0 Å². The van der Waals surface area contributed by atoms with Gasteiger partial charge in [-0.15, -0.1) is 0 Å². The zero-order valence-electron chi connectivity index (χ0n) is 11.6. The van der Waals surface area contributed by atoms with E-state index in [1.165, 1.54) is 16.5 Å². The highest BCUT2D eigenvalue weighted by Crippen LogP contribution is 2.25. The molecular formula is C16H23NO. The summed E-state index contributed by atoms with van der Waals surface area (Å²) >= 11 is 0. The molecule has 0 bridgehead atoms. The number of aryl methyl sites for hydroxylation is 1. The van der Waals surface area contributed by atoms with Crippen molar-refractivity contribution in [3.63, 3.8) is 0 Å². The number of fused-ring (bicyclic) bond motifs is 1. The van der Waals surface area contributed by atoms with E-state index in [-0.39, 0.29) is 0 Å². The highest BCUT2D eigenvalue weighted by Gasteiger charge is 2.08. The van der Waals surface area contributed by atoms with Crippen LogP contribution in [0.25, 0.3) is 11.0 Å². The fourth-order valence-corrected chi connectivity index (χ4v) is 2.26. The Morgan fingerprint density at radius 1 is 1.22 bits per heavy atom. The molecule has 2 nitrogen and oxygen atoms in total. The summed E-state index contributed by atoms with van der Waals surface area (Å²) < 4.78 is 5.72. The van der Waals surface area contributed by atoms with E-state index in [2.05, 4.69) is 44.3 Å². The van der Waals surface area contributed by atoms with Crippen molar-refractivity contribution in [3.8, 4) is 0 Å². The Labute approximate surface area is 109 Å². The fourth-order valence-electron chi connectivity index (χ4n) is 2.26. The van der Waals surface area contributed by atoms with Crippen molar-refractivity contribution in [1.82, 2.24) is 5.32 Å². The zero-order chi connectivity index (χ0) is 13.0. The molecule has 0 spiro atoms. The second-order valence-electron chi connectivity index (χ2n) is 5.26. The monoisotopic (exact) mass is 245 g/mol. The summed E-state index contributed by atoms with van der Waals surface area (Å²) in [5.41, 5.74) is 3.68. The van der Waals surface area contributed by atoms with Crippen LogP contribution in [0.3, 0.4) is 0 Å². The third-order valence-electron chi connectivity index (χ3n) is 3.27. The SMILES string of the molecule is CCc1cccc2c(CCNCC(C)C)coc12. The molecule has 0 saturated heterocycles. The molecular weight excluding hydrogens is 222 g/mol. The van der Waals surface area contributed by atoms with E-state index in [0.29, 0.717) is 5.92 Å². The van der Waals surface area contributed by atoms with Gasteiger partial charge in [-0.25, -0.2) is 0 Å². The zero-order valence-corrected chi connectivity index (χ0v) is 11.6. The predicted octanol–water partition coefficient (Wildman–Crippen LogP) is 3.78. The van der Waals surface area contributed by atoms with Crippen LogP contribution in [0.5, 0.6) is 0 Å². The van der Waals surface area contributed by atoms with Crippen LogP contribution in [-0.4, -0.2) is 13.1 Å². The number of benzene rings is 1. The molecule has 0 unspecified atom stereocenters. The molecule has 0 fully saturated rings. The van der Waals surface area contributed by atoms with Crippen LogP contribution in [-0.2, 0) is 12.8 Å². The largest absolute Gasteiger partial charge is 0.464 e. The standard InChI is InChI=1S/C16H23NO/c1-4-13-6-5-7-15-14(11-18-16(13)15)8-9-17-10-12(2)3/h5-7,11-12,17H,4,8-10H2,1-3H3. The summed E-state index contributed by atoms with van der Waals surface area (Å²) in [6.45, 7) is 8.72. The third-order valence-corrected chi connectivity index (χ3v) is 3.27. The van der Waals surface area contributed by atoms with E-state index in [9.17, 15) is 0 Å². The maximum atomic E-state index is 5.72. The number of para-hydroxylation sites is 1. The molecule has 0 amide bonds. The molecule has 0 aliphatic rings. The van der Waals surface area contributed by atoms with Gasteiger partial charge in [-0.05, 0) is 43.0 Å². The maximum Gasteiger partial charge on any atom is 0.137 e. The van der Waals surface area contributed by atoms with Crippen molar-refractivity contribution < 1.29 is 4.42 Å². The van der Waals surface area contributed by atoms with Gasteiger partial charge in [0, 0.05) is 5.39 Å². The van der Waals surface area contributed by atoms with Crippen molar-refractivity contribution in [1.29, 1.82) is 0 Å². The Kier molecular flexibility index (Phi) is 4.43. The molecule has 0 saturated carbocycles. The third kappa shape index (κ3) is 2.94. The topological polar surface area (TPSA) is 25.2 Å². The number of hydrogen-bond donors (Lipinski definition) is 1. The molecule has 1 aromatic heterocycles. The molecule has 98 valence electrons. The molecule has 18 heavy (non-hydrogen) atoms. The van der Waals surface area contributed by atoms with E-state index in [0.717, 1.165) is 31.5 Å². The first-order chi connectivity index (χ1) is 8.72. The number of furan rings is 1. The molecule has 0 radical (unpaired) electrons. The van der Waals surface area contributed by atoms with Crippen LogP contribution >= 0.6 is 0 Å². The summed E-state index contributed by atoms with van der Waals surface area (Å²) in [5.74, 6) is 0.706. The van der Waals surface area contributed by atoms with Gasteiger partial charge in [0.1, 0.15) is 5.58 Å². The molecule has 0 aliphatic carbocycles. The molecule has 1 heterocycles. The Morgan fingerprint density at radius 3 is 2.78 bits per heavy atom. The molecule has 2 rings (SSSR count). The predicted molar refractivity (Wildman–Crippen MR) is 77.0 cm³/mol. The lowest BCUT2D eigenvalue weighted by Crippen LogP contribution is -2.21. The minimum absolute atomic E-state index is 0.706. The lowest BCUT2D eigenvalue weighted by molar-refractivity contribution is 0.551. The van der Waals surface area contributed by atoms with Crippen LogP contribution in [0.1, 0.15) is 31.9 Å². The maximum absolute atomic E-state index is 5.72. The van der Waals surface area contributed by atoms with Crippen molar-refractivity contribution in [2.24, 2.45) is 5.92 Å². The molecule has 2 aromatic rings. The van der Waals surface area contributed by atoms with Crippen molar-refractivity contribution >= 4 is 11.0 Å². The molecule has 2 heteroatoms. The lowest BCUT2D eigenvalue weighted by Gasteiger charge is -2.06. The van der Waals surface area contributed by atoms with Gasteiger partial charge in [-0.2, -0.15) is 0 Å². The van der Waals surface area contributed by atoms with Crippen LogP contribution < -0.4 is 5.32 Å². The van der Waals surface area contributed by atoms with Crippen LogP contribution in [0.4, 0.5) is 0 Å². The average molecular weight is 245 g/mol. The normalized spacial score (nSPS) is 11.6. The molecule has 1 aromatic carbocycles. The van der Waals surface area contributed by atoms with E-state index in [4.69, 9.17) is 4.42 Å². The number of hydrogen-bond acceptors (Lipinski definition) is 2. The van der Waals surface area contributed by atoms with Crippen LogP contribution in [0.2, 0.25) is 0 Å². The van der Waals surface area contributed by atoms with Crippen molar-refractivity contribution in [3.05, 3.63) is 35.6 Å². The first-order valence-electron chi connectivity index (χ1n) is 6.91. The second-order valence-corrected chi connectivity index (χ2v) is 5.26. The van der Waals surface area contributed by atoms with Crippen LogP contribution in [0.15, 0.2) is 28.9 Å². The number of nitrogens with one attached hydrogen (secondary N) is 1. The van der Waals surface area contributed by atoms with E-state index < -0.39 is 0 Å². The molecule has 1 N–H and O–H groups in total. The van der Waals surface area contributed by atoms with Gasteiger partial charge in [0.15, 0.2) is 0 Å². The van der Waals surface area contributed by atoms with Gasteiger partial charge in [0.05, 0.1) is 6.26 Å². The highest BCUT2D eigenvalue weighted by atomic mass is 16.3. The van der Waals surface area contributed by atoms with Crippen LogP contribution in [0, 0.1) is 5.92 Å². The fraction of sp³-hybridized carbons (Fsp3) is 0.500. The number of rotatable bonds is 6. The van der Waals surface area contributed by atoms with Gasteiger partial charge in [-0.3, -0.25) is 0 Å². The van der Waals surface area contributed by atoms with E-state index >= 15 is 0 Å². The average Bonchev–Trinajstić information content (AvgIpc) is 2.77. The molecule has 0 atom stereocenters. The quantitative estimate of drug-likeness (QED) is 0.783. The summed E-state index contributed by atoms with van der Waals surface area (Å²) in [6, 6.07) is 6.43. The van der Waals surface area contributed by atoms with Gasteiger partial charge >= 0.3 is 0 Å². The minimum atomic E-state index is 0.706. The van der Waals surface area contributed by atoms with Gasteiger partial charge in [0.2, 0.25) is 0 Å². The Balaban J connectivity index is 2.05. The first-order valence-corrected chi connectivity index (χ1v) is 6.91. The molecule has 0 aliphatic heterocycles.